The van der Waals surface area contributed by atoms with Crippen LogP contribution in [-0.4, -0.2) is 14.2 Å². The highest BCUT2D eigenvalue weighted by Gasteiger charge is 2.16. The third-order valence-corrected chi connectivity index (χ3v) is 2.14. The topological polar surface area (TPSA) is 18.5 Å². The third kappa shape index (κ3) is 1.81. The number of methoxy groups -OCH3 is 2. The zero-order valence-electron chi connectivity index (χ0n) is 8.93. The van der Waals surface area contributed by atoms with E-state index in [4.69, 9.17) is 9.47 Å². The maximum atomic E-state index is 13.8. The molecular formula is C11H15FO2. The monoisotopic (exact) mass is 198 g/mol. The molecule has 0 aromatic heterocycles. The fraction of sp³-hybridized carbons (Fsp3) is 0.455. The van der Waals surface area contributed by atoms with Crippen molar-refractivity contribution in [1.29, 1.82) is 0 Å². The van der Waals surface area contributed by atoms with E-state index in [0.29, 0.717) is 11.3 Å². The molecule has 1 rings (SSSR count). The van der Waals surface area contributed by atoms with E-state index in [1.807, 2.05) is 13.8 Å². The fourth-order valence-electron chi connectivity index (χ4n) is 1.35. The van der Waals surface area contributed by atoms with Crippen LogP contribution in [0.4, 0.5) is 4.39 Å². The number of rotatable bonds is 3. The Morgan fingerprint density at radius 1 is 1.14 bits per heavy atom. The van der Waals surface area contributed by atoms with Gasteiger partial charge in [0.25, 0.3) is 0 Å². The van der Waals surface area contributed by atoms with Gasteiger partial charge in [0.15, 0.2) is 17.3 Å². The van der Waals surface area contributed by atoms with Gasteiger partial charge in [-0.1, -0.05) is 19.9 Å². The summed E-state index contributed by atoms with van der Waals surface area (Å²) in [5.74, 6) is 0.407. The Balaban J connectivity index is 3.27. The maximum Gasteiger partial charge on any atom is 0.197 e. The van der Waals surface area contributed by atoms with Gasteiger partial charge in [0, 0.05) is 0 Å². The predicted molar refractivity (Wildman–Crippen MR) is 53.6 cm³/mol. The van der Waals surface area contributed by atoms with Crippen molar-refractivity contribution in [3.63, 3.8) is 0 Å². The second-order valence-electron chi connectivity index (χ2n) is 3.36. The first-order valence-electron chi connectivity index (χ1n) is 4.52. The van der Waals surface area contributed by atoms with Crippen molar-refractivity contribution in [2.24, 2.45) is 0 Å². The highest BCUT2D eigenvalue weighted by molar-refractivity contribution is 5.45. The largest absolute Gasteiger partial charge is 0.493 e. The number of ether oxygens (including phenoxy) is 2. The minimum atomic E-state index is -0.332. The first-order valence-corrected chi connectivity index (χ1v) is 4.52. The Morgan fingerprint density at radius 2 is 1.79 bits per heavy atom. The van der Waals surface area contributed by atoms with Gasteiger partial charge < -0.3 is 9.47 Å². The van der Waals surface area contributed by atoms with E-state index in [1.165, 1.54) is 14.2 Å². The summed E-state index contributed by atoms with van der Waals surface area (Å²) in [6, 6.07) is 3.44. The minimum absolute atomic E-state index is 0.134. The van der Waals surface area contributed by atoms with Crippen molar-refractivity contribution in [3.05, 3.63) is 23.5 Å². The Bertz CT molecular complexity index is 321. The zero-order chi connectivity index (χ0) is 10.7. The first-order chi connectivity index (χ1) is 6.61. The lowest BCUT2D eigenvalue weighted by atomic mass is 10.0. The molecule has 0 fully saturated rings. The summed E-state index contributed by atoms with van der Waals surface area (Å²) in [6.07, 6.45) is 0. The van der Waals surface area contributed by atoms with E-state index in [9.17, 15) is 4.39 Å². The quantitative estimate of drug-likeness (QED) is 0.743. The van der Waals surface area contributed by atoms with Crippen molar-refractivity contribution in [2.75, 3.05) is 14.2 Å². The molecule has 1 aromatic rings. The van der Waals surface area contributed by atoms with Crippen LogP contribution in [0, 0.1) is 5.82 Å². The average molecular weight is 198 g/mol. The first kappa shape index (κ1) is 10.8. The molecule has 0 bridgehead atoms. The summed E-state index contributed by atoms with van der Waals surface area (Å²) in [6.45, 7) is 3.87. The van der Waals surface area contributed by atoms with Crippen LogP contribution in [0.25, 0.3) is 0 Å². The second kappa shape index (κ2) is 4.31. The van der Waals surface area contributed by atoms with E-state index in [1.54, 1.807) is 12.1 Å². The van der Waals surface area contributed by atoms with Gasteiger partial charge in [-0.05, 0) is 17.5 Å². The van der Waals surface area contributed by atoms with Crippen LogP contribution in [0.5, 0.6) is 11.5 Å². The summed E-state index contributed by atoms with van der Waals surface area (Å²) >= 11 is 0. The lowest BCUT2D eigenvalue weighted by Crippen LogP contribution is -1.99. The van der Waals surface area contributed by atoms with Gasteiger partial charge in [0.1, 0.15) is 0 Å². The van der Waals surface area contributed by atoms with Crippen LogP contribution in [0.15, 0.2) is 12.1 Å². The van der Waals surface area contributed by atoms with E-state index in [2.05, 4.69) is 0 Å². The third-order valence-electron chi connectivity index (χ3n) is 2.14. The number of halogens is 1. The van der Waals surface area contributed by atoms with E-state index >= 15 is 0 Å². The summed E-state index contributed by atoms with van der Waals surface area (Å²) in [5.41, 5.74) is 0.641. The summed E-state index contributed by atoms with van der Waals surface area (Å²) in [5, 5.41) is 0. The predicted octanol–water partition coefficient (Wildman–Crippen LogP) is 2.97. The lowest BCUT2D eigenvalue weighted by molar-refractivity contribution is 0.335. The Labute approximate surface area is 83.6 Å². The highest BCUT2D eigenvalue weighted by Crippen LogP contribution is 2.34. The van der Waals surface area contributed by atoms with Crippen LogP contribution in [-0.2, 0) is 0 Å². The van der Waals surface area contributed by atoms with Gasteiger partial charge in [0.05, 0.1) is 14.2 Å². The molecule has 0 aliphatic heterocycles. The molecule has 0 radical (unpaired) electrons. The molecule has 0 spiro atoms. The molecule has 0 unspecified atom stereocenters. The molecule has 0 heterocycles. The normalized spacial score (nSPS) is 10.4. The van der Waals surface area contributed by atoms with Crippen LogP contribution < -0.4 is 9.47 Å². The highest BCUT2D eigenvalue weighted by atomic mass is 19.1. The van der Waals surface area contributed by atoms with Gasteiger partial charge in [-0.2, -0.15) is 0 Å². The van der Waals surface area contributed by atoms with Crippen molar-refractivity contribution in [2.45, 2.75) is 19.8 Å². The molecule has 0 saturated heterocycles. The SMILES string of the molecule is COc1ccc(C(C)C)c(F)c1OC. The second-order valence-corrected chi connectivity index (χ2v) is 3.36. The van der Waals surface area contributed by atoms with Crippen LogP contribution in [0.3, 0.4) is 0 Å². The molecule has 14 heavy (non-hydrogen) atoms. The van der Waals surface area contributed by atoms with Gasteiger partial charge >= 0.3 is 0 Å². The summed E-state index contributed by atoms with van der Waals surface area (Å²) < 4.78 is 23.7. The van der Waals surface area contributed by atoms with Gasteiger partial charge in [-0.3, -0.25) is 0 Å². The van der Waals surface area contributed by atoms with E-state index in [0.717, 1.165) is 0 Å². The van der Waals surface area contributed by atoms with E-state index in [-0.39, 0.29) is 17.5 Å². The van der Waals surface area contributed by atoms with Crippen molar-refractivity contribution < 1.29 is 13.9 Å². The average Bonchev–Trinajstić information content (AvgIpc) is 2.16. The van der Waals surface area contributed by atoms with Crippen molar-refractivity contribution in [1.82, 2.24) is 0 Å². The van der Waals surface area contributed by atoms with Crippen LogP contribution >= 0.6 is 0 Å². The zero-order valence-corrected chi connectivity index (χ0v) is 8.93. The van der Waals surface area contributed by atoms with E-state index < -0.39 is 0 Å². The molecule has 0 N–H and O–H groups in total. The molecule has 78 valence electrons. The van der Waals surface area contributed by atoms with Gasteiger partial charge in [0.2, 0.25) is 0 Å². The molecule has 0 atom stereocenters. The maximum absolute atomic E-state index is 13.8. The molecule has 0 aliphatic carbocycles. The smallest absolute Gasteiger partial charge is 0.197 e. The molecule has 1 aromatic carbocycles. The lowest BCUT2D eigenvalue weighted by Gasteiger charge is -2.13. The standard InChI is InChI=1S/C11H15FO2/c1-7(2)8-5-6-9(13-3)11(14-4)10(8)12/h5-7H,1-4H3. The Morgan fingerprint density at radius 3 is 2.21 bits per heavy atom. The molecule has 0 amide bonds. The van der Waals surface area contributed by atoms with Crippen LogP contribution in [0.1, 0.15) is 25.3 Å². The van der Waals surface area contributed by atoms with Crippen molar-refractivity contribution in [3.8, 4) is 11.5 Å². The van der Waals surface area contributed by atoms with Gasteiger partial charge in [-0.15, -0.1) is 0 Å². The molecule has 2 nitrogen and oxygen atoms in total. The fourth-order valence-corrected chi connectivity index (χ4v) is 1.35. The number of benzene rings is 1. The Kier molecular flexibility index (Phi) is 3.33. The Hall–Kier alpha value is -1.25. The molecule has 3 heteroatoms. The summed E-state index contributed by atoms with van der Waals surface area (Å²) in [4.78, 5) is 0. The van der Waals surface area contributed by atoms with Crippen molar-refractivity contribution >= 4 is 0 Å². The van der Waals surface area contributed by atoms with Crippen LogP contribution in [0.2, 0.25) is 0 Å². The molecule has 0 aliphatic rings. The molecular weight excluding hydrogens is 183 g/mol. The van der Waals surface area contributed by atoms with Gasteiger partial charge in [-0.25, -0.2) is 4.39 Å². The number of hydrogen-bond acceptors (Lipinski definition) is 2. The summed E-state index contributed by atoms with van der Waals surface area (Å²) in [7, 11) is 2.93. The molecule has 0 saturated carbocycles. The number of hydrogen-bond donors (Lipinski definition) is 0. The minimum Gasteiger partial charge on any atom is -0.493 e.